The van der Waals surface area contributed by atoms with E-state index in [1.165, 1.54) is 6.07 Å². The molecule has 11 nitrogen and oxygen atoms in total. The molecular weight excluding hydrogens is 659 g/mol. The lowest BCUT2D eigenvalue weighted by atomic mass is 9.89. The van der Waals surface area contributed by atoms with Crippen LogP contribution in [0.3, 0.4) is 0 Å². The number of carbonyl (C=O) groups excluding carboxylic acids is 3. The van der Waals surface area contributed by atoms with Gasteiger partial charge in [0.05, 0.1) is 17.9 Å². The number of carbonyl (C=O) groups is 3. The summed E-state index contributed by atoms with van der Waals surface area (Å²) < 4.78 is 15.9. The second-order valence-corrected chi connectivity index (χ2v) is 14.4. The molecule has 4 aliphatic heterocycles. The number of benzene rings is 2. The maximum absolute atomic E-state index is 14.1. The summed E-state index contributed by atoms with van der Waals surface area (Å²) in [6, 6.07) is 22.5. The van der Waals surface area contributed by atoms with Crippen LogP contribution in [0.2, 0.25) is 0 Å². The van der Waals surface area contributed by atoms with Crippen LogP contribution < -0.4 is 15.1 Å². The standard InChI is InChI=1S/C40H39FN8O3/c41-29-5-1-4-27(22-29)32-7-3-17-47(32)37-13-12-35-42-23-34(49(35)45-37)31-6-2-8-36(43-31)46-18-15-25(16-19-46)20-26-9-10-28-24-48(40(52)30(28)21-26)33-11-14-38(50)44-39(33)51/h1-2,4-6,8-10,12-13,21-23,25,32-33H,3,7,11,14-20,24H2,(H,44,50,51)/t32-,33?/m1/s1. The first-order valence-corrected chi connectivity index (χ1v) is 18.2. The molecule has 0 saturated carbocycles. The molecule has 264 valence electrons. The molecular formula is C40H39FN8O3. The van der Waals surface area contributed by atoms with E-state index in [4.69, 9.17) is 10.1 Å². The van der Waals surface area contributed by atoms with Crippen LogP contribution in [0, 0.1) is 11.7 Å². The number of nitrogens with zero attached hydrogens (tertiary/aromatic N) is 7. The number of piperidine rings is 2. The van der Waals surface area contributed by atoms with Gasteiger partial charge in [-0.15, -0.1) is 5.10 Å². The van der Waals surface area contributed by atoms with Gasteiger partial charge in [0.15, 0.2) is 5.65 Å². The maximum atomic E-state index is 14.1. The number of imide groups is 1. The summed E-state index contributed by atoms with van der Waals surface area (Å²) in [6.07, 6.45) is 7.28. The zero-order valence-electron chi connectivity index (χ0n) is 28.7. The van der Waals surface area contributed by atoms with Gasteiger partial charge in [-0.1, -0.05) is 30.3 Å². The first-order chi connectivity index (χ1) is 25.4. The van der Waals surface area contributed by atoms with Gasteiger partial charge in [-0.25, -0.2) is 18.9 Å². The topological polar surface area (TPSA) is 116 Å². The average Bonchev–Trinajstić information content (AvgIpc) is 3.90. The Kier molecular flexibility index (Phi) is 8.16. The number of pyridine rings is 1. The molecule has 0 bridgehead atoms. The van der Waals surface area contributed by atoms with Crippen LogP contribution in [-0.2, 0) is 22.6 Å². The van der Waals surface area contributed by atoms with E-state index < -0.39 is 6.04 Å². The van der Waals surface area contributed by atoms with E-state index in [-0.39, 0.29) is 36.0 Å². The quantitative estimate of drug-likeness (QED) is 0.222. The third-order valence-corrected chi connectivity index (χ3v) is 11.2. The summed E-state index contributed by atoms with van der Waals surface area (Å²) in [6.45, 7) is 2.99. The van der Waals surface area contributed by atoms with Gasteiger partial charge in [-0.2, -0.15) is 0 Å². The van der Waals surface area contributed by atoms with Gasteiger partial charge in [0.1, 0.15) is 29.2 Å². The minimum atomic E-state index is -0.602. The summed E-state index contributed by atoms with van der Waals surface area (Å²) in [4.78, 5) is 53.3. The number of nitrogens with one attached hydrogen (secondary N) is 1. The summed E-state index contributed by atoms with van der Waals surface area (Å²) in [7, 11) is 0. The molecule has 4 aliphatic rings. The highest BCUT2D eigenvalue weighted by Crippen LogP contribution is 2.36. The minimum Gasteiger partial charge on any atom is -0.357 e. The van der Waals surface area contributed by atoms with Gasteiger partial charge in [0, 0.05) is 38.2 Å². The minimum absolute atomic E-state index is 0.0672. The van der Waals surface area contributed by atoms with Gasteiger partial charge in [-0.05, 0) is 104 Å². The highest BCUT2D eigenvalue weighted by Gasteiger charge is 2.39. The Bertz CT molecular complexity index is 2210. The molecule has 0 spiro atoms. The number of hydrogen-bond donors (Lipinski definition) is 1. The lowest BCUT2D eigenvalue weighted by Gasteiger charge is -2.33. The van der Waals surface area contributed by atoms with Crippen molar-refractivity contribution in [2.24, 2.45) is 5.92 Å². The number of halogens is 1. The van der Waals surface area contributed by atoms with Crippen molar-refractivity contribution >= 4 is 35.0 Å². The Hall–Kier alpha value is -5.65. The van der Waals surface area contributed by atoms with Crippen LogP contribution in [0.4, 0.5) is 16.0 Å². The summed E-state index contributed by atoms with van der Waals surface area (Å²) >= 11 is 0. The number of hydrogen-bond acceptors (Lipinski definition) is 8. The fourth-order valence-corrected chi connectivity index (χ4v) is 8.46. The van der Waals surface area contributed by atoms with E-state index in [0.717, 1.165) is 97.1 Å². The summed E-state index contributed by atoms with van der Waals surface area (Å²) in [5.41, 5.74) is 6.05. The zero-order chi connectivity index (χ0) is 35.3. The Balaban J connectivity index is 0.865. The first-order valence-electron chi connectivity index (χ1n) is 18.2. The SMILES string of the molecule is O=C1CCC(N2Cc3ccc(CC4CCN(c5cccc(-c6cnc7ccc(N8CCC[C@@H]8c8cccc(F)c8)nn67)n5)CC4)cc3C2=O)C(=O)N1. The van der Waals surface area contributed by atoms with E-state index in [0.29, 0.717) is 24.4 Å². The van der Waals surface area contributed by atoms with Crippen LogP contribution in [-0.4, -0.2) is 67.9 Å². The highest BCUT2D eigenvalue weighted by atomic mass is 19.1. The number of fused-ring (bicyclic) bond motifs is 2. The third-order valence-electron chi connectivity index (χ3n) is 11.2. The van der Waals surface area contributed by atoms with E-state index in [1.54, 1.807) is 17.0 Å². The maximum Gasteiger partial charge on any atom is 0.255 e. The molecule has 5 aromatic rings. The molecule has 52 heavy (non-hydrogen) atoms. The van der Waals surface area contributed by atoms with Crippen molar-refractivity contribution in [1.29, 1.82) is 0 Å². The molecule has 1 unspecified atom stereocenters. The molecule has 9 rings (SSSR count). The molecule has 3 saturated heterocycles. The van der Waals surface area contributed by atoms with Gasteiger partial charge >= 0.3 is 0 Å². The smallest absolute Gasteiger partial charge is 0.255 e. The second kappa shape index (κ2) is 13.2. The van der Waals surface area contributed by atoms with E-state index in [9.17, 15) is 18.8 Å². The molecule has 0 radical (unpaired) electrons. The number of aromatic nitrogens is 4. The molecule has 3 aromatic heterocycles. The van der Waals surface area contributed by atoms with E-state index in [2.05, 4.69) is 32.2 Å². The lowest BCUT2D eigenvalue weighted by molar-refractivity contribution is -0.136. The Morgan fingerprint density at radius 3 is 2.54 bits per heavy atom. The lowest BCUT2D eigenvalue weighted by Crippen LogP contribution is -2.52. The Morgan fingerprint density at radius 1 is 0.827 bits per heavy atom. The van der Waals surface area contributed by atoms with Gasteiger partial charge < -0.3 is 14.7 Å². The fraction of sp³-hybridized carbons (Fsp3) is 0.350. The summed E-state index contributed by atoms with van der Waals surface area (Å²) in [5.74, 6) is 1.20. The molecule has 3 amide bonds. The zero-order valence-corrected chi connectivity index (χ0v) is 28.7. The van der Waals surface area contributed by atoms with Crippen LogP contribution >= 0.6 is 0 Å². The fourth-order valence-electron chi connectivity index (χ4n) is 8.46. The first kappa shape index (κ1) is 32.3. The largest absolute Gasteiger partial charge is 0.357 e. The van der Waals surface area contributed by atoms with E-state index in [1.807, 2.05) is 53.2 Å². The molecule has 2 atom stereocenters. The van der Waals surface area contributed by atoms with Crippen LogP contribution in [0.5, 0.6) is 0 Å². The molecule has 0 aliphatic carbocycles. The molecule has 1 N–H and O–H groups in total. The van der Waals surface area contributed by atoms with Crippen molar-refractivity contribution in [2.75, 3.05) is 29.4 Å². The van der Waals surface area contributed by atoms with Gasteiger partial charge in [-0.3, -0.25) is 19.7 Å². The van der Waals surface area contributed by atoms with Gasteiger partial charge in [0.2, 0.25) is 11.8 Å². The average molecular weight is 699 g/mol. The predicted molar refractivity (Wildman–Crippen MR) is 193 cm³/mol. The molecule has 12 heteroatoms. The van der Waals surface area contributed by atoms with Crippen LogP contribution in [0.25, 0.3) is 17.0 Å². The van der Waals surface area contributed by atoms with Crippen molar-refractivity contribution < 1.29 is 18.8 Å². The monoisotopic (exact) mass is 698 g/mol. The third kappa shape index (κ3) is 5.95. The molecule has 2 aromatic carbocycles. The van der Waals surface area contributed by atoms with Crippen LogP contribution in [0.1, 0.15) is 71.6 Å². The number of imidazole rings is 1. The second-order valence-electron chi connectivity index (χ2n) is 14.4. The van der Waals surface area contributed by atoms with E-state index >= 15 is 0 Å². The molecule has 7 heterocycles. The van der Waals surface area contributed by atoms with Crippen molar-refractivity contribution in [3.63, 3.8) is 0 Å². The molecule has 3 fully saturated rings. The number of amides is 3. The summed E-state index contributed by atoms with van der Waals surface area (Å²) in [5, 5.41) is 7.40. The Labute approximate surface area is 300 Å². The van der Waals surface area contributed by atoms with Crippen molar-refractivity contribution in [1.82, 2.24) is 29.8 Å². The van der Waals surface area contributed by atoms with Crippen molar-refractivity contribution in [3.05, 3.63) is 107 Å². The number of rotatable bonds is 7. The van der Waals surface area contributed by atoms with Crippen molar-refractivity contribution in [3.8, 4) is 11.4 Å². The number of anilines is 2. The van der Waals surface area contributed by atoms with Crippen LogP contribution in [0.15, 0.2) is 79.0 Å². The highest BCUT2D eigenvalue weighted by molar-refractivity contribution is 6.05. The van der Waals surface area contributed by atoms with Crippen molar-refractivity contribution in [2.45, 2.75) is 63.6 Å². The Morgan fingerprint density at radius 2 is 1.69 bits per heavy atom. The predicted octanol–water partition coefficient (Wildman–Crippen LogP) is 5.49. The normalized spacial score (nSPS) is 20.9. The van der Waals surface area contributed by atoms with Gasteiger partial charge in [0.25, 0.3) is 5.91 Å².